The molecule has 0 heterocycles. The molecule has 8 heteroatoms. The molecule has 2 aromatic carbocycles. The summed E-state index contributed by atoms with van der Waals surface area (Å²) in [6.45, 7) is 0. The van der Waals surface area contributed by atoms with Crippen molar-refractivity contribution in [2.45, 2.75) is 4.90 Å². The van der Waals surface area contributed by atoms with Crippen molar-refractivity contribution < 1.29 is 27.4 Å². The zero-order chi connectivity index (χ0) is 19.2. The number of benzene rings is 2. The molecule has 0 unspecified atom stereocenters. The number of anilines is 1. The highest BCUT2D eigenvalue weighted by atomic mass is 32.2. The smallest absolute Gasteiger partial charge is 0.330 e. The predicted octanol–water partition coefficient (Wildman–Crippen LogP) is 2.69. The Balaban J connectivity index is 2.27. The van der Waals surface area contributed by atoms with Crippen LogP contribution in [-0.4, -0.2) is 35.7 Å². The van der Waals surface area contributed by atoms with Gasteiger partial charge in [0.1, 0.15) is 0 Å². The van der Waals surface area contributed by atoms with Crippen molar-refractivity contribution in [3.05, 3.63) is 54.1 Å². The quantitative estimate of drug-likeness (QED) is 0.589. The van der Waals surface area contributed by atoms with Crippen molar-refractivity contribution in [2.24, 2.45) is 0 Å². The van der Waals surface area contributed by atoms with Crippen molar-refractivity contribution in [1.82, 2.24) is 0 Å². The van der Waals surface area contributed by atoms with Gasteiger partial charge in [0.05, 0.1) is 26.2 Å². The van der Waals surface area contributed by atoms with Crippen molar-refractivity contribution >= 4 is 27.8 Å². The Hall–Kier alpha value is -3.00. The summed E-state index contributed by atoms with van der Waals surface area (Å²) in [6, 6.07) is 10.9. The first kappa shape index (κ1) is 19.3. The van der Waals surface area contributed by atoms with Gasteiger partial charge >= 0.3 is 5.97 Å². The van der Waals surface area contributed by atoms with Crippen LogP contribution in [0.2, 0.25) is 0 Å². The predicted molar refractivity (Wildman–Crippen MR) is 97.8 cm³/mol. The van der Waals surface area contributed by atoms with Crippen LogP contribution >= 0.6 is 0 Å². The lowest BCUT2D eigenvalue weighted by Gasteiger charge is -2.12. The van der Waals surface area contributed by atoms with Gasteiger partial charge in [-0.1, -0.05) is 12.1 Å². The molecule has 0 spiro atoms. The molecule has 0 saturated carbocycles. The summed E-state index contributed by atoms with van der Waals surface area (Å²) in [5.74, 6) is 0.243. The lowest BCUT2D eigenvalue weighted by atomic mass is 10.2. The Kier molecular flexibility index (Phi) is 6.24. The third-order valence-electron chi connectivity index (χ3n) is 3.42. The maximum absolute atomic E-state index is 12.6. The lowest BCUT2D eigenvalue weighted by Crippen LogP contribution is -2.13. The number of rotatable bonds is 7. The first-order valence-electron chi connectivity index (χ1n) is 7.50. The Bertz CT molecular complexity index is 921. The molecule has 0 aliphatic rings. The van der Waals surface area contributed by atoms with Crippen molar-refractivity contribution in [2.75, 3.05) is 26.1 Å². The Morgan fingerprint density at radius 1 is 1.00 bits per heavy atom. The number of carbonyl (C=O) groups is 1. The second kappa shape index (κ2) is 8.39. The molecule has 0 aliphatic carbocycles. The van der Waals surface area contributed by atoms with E-state index < -0.39 is 16.0 Å². The monoisotopic (exact) mass is 377 g/mol. The summed E-state index contributed by atoms with van der Waals surface area (Å²) in [4.78, 5) is 11.2. The third kappa shape index (κ3) is 4.76. The highest BCUT2D eigenvalue weighted by Gasteiger charge is 2.17. The fourth-order valence-corrected chi connectivity index (χ4v) is 3.20. The zero-order valence-electron chi connectivity index (χ0n) is 14.6. The minimum absolute atomic E-state index is 0.0330. The molecular formula is C18H19NO6S. The van der Waals surface area contributed by atoms with Gasteiger partial charge in [-0.15, -0.1) is 0 Å². The van der Waals surface area contributed by atoms with Crippen LogP contribution in [0.15, 0.2) is 53.4 Å². The largest absolute Gasteiger partial charge is 0.493 e. The molecule has 0 atom stereocenters. The van der Waals surface area contributed by atoms with E-state index in [4.69, 9.17) is 9.47 Å². The summed E-state index contributed by atoms with van der Waals surface area (Å²) < 4.78 is 42.4. The summed E-state index contributed by atoms with van der Waals surface area (Å²) >= 11 is 0. The SMILES string of the molecule is COC(=O)C=Cc1cccc(NS(=O)(=O)c2ccc(OC)c(OC)c2)c1. The van der Waals surface area contributed by atoms with E-state index in [9.17, 15) is 13.2 Å². The second-order valence-electron chi connectivity index (χ2n) is 5.10. The van der Waals surface area contributed by atoms with Gasteiger partial charge in [0.25, 0.3) is 10.0 Å². The number of ether oxygens (including phenoxy) is 3. The molecule has 0 amide bonds. The maximum Gasteiger partial charge on any atom is 0.330 e. The number of sulfonamides is 1. The number of esters is 1. The first-order valence-corrected chi connectivity index (χ1v) is 8.99. The first-order chi connectivity index (χ1) is 12.4. The van der Waals surface area contributed by atoms with E-state index in [-0.39, 0.29) is 4.90 Å². The van der Waals surface area contributed by atoms with Crippen LogP contribution in [0.4, 0.5) is 5.69 Å². The van der Waals surface area contributed by atoms with E-state index in [1.807, 2.05) is 0 Å². The molecule has 2 aromatic rings. The van der Waals surface area contributed by atoms with Crippen LogP contribution in [0.25, 0.3) is 6.08 Å². The lowest BCUT2D eigenvalue weighted by molar-refractivity contribution is -0.134. The van der Waals surface area contributed by atoms with Crippen LogP contribution in [0, 0.1) is 0 Å². The van der Waals surface area contributed by atoms with Crippen molar-refractivity contribution in [3.8, 4) is 11.5 Å². The van der Waals surface area contributed by atoms with Gasteiger partial charge < -0.3 is 14.2 Å². The van der Waals surface area contributed by atoms with Gasteiger partial charge in [-0.2, -0.15) is 0 Å². The van der Waals surface area contributed by atoms with E-state index in [2.05, 4.69) is 9.46 Å². The number of methoxy groups -OCH3 is 3. The van der Waals surface area contributed by atoms with E-state index >= 15 is 0 Å². The minimum atomic E-state index is -3.82. The normalized spacial score (nSPS) is 11.2. The van der Waals surface area contributed by atoms with E-state index in [0.717, 1.165) is 0 Å². The van der Waals surface area contributed by atoms with Gasteiger partial charge in [0.2, 0.25) is 0 Å². The molecule has 0 aromatic heterocycles. The van der Waals surface area contributed by atoms with E-state index in [1.54, 1.807) is 24.3 Å². The number of hydrogen-bond acceptors (Lipinski definition) is 6. The zero-order valence-corrected chi connectivity index (χ0v) is 15.4. The molecule has 7 nitrogen and oxygen atoms in total. The van der Waals surface area contributed by atoms with Crippen molar-refractivity contribution in [3.63, 3.8) is 0 Å². The molecule has 2 rings (SSSR count). The second-order valence-corrected chi connectivity index (χ2v) is 6.79. The van der Waals surface area contributed by atoms with Gasteiger partial charge in [-0.25, -0.2) is 13.2 Å². The van der Waals surface area contributed by atoms with Crippen LogP contribution in [-0.2, 0) is 19.6 Å². The molecule has 0 bridgehead atoms. The molecule has 0 fully saturated rings. The molecule has 1 N–H and O–H groups in total. The molecule has 138 valence electrons. The molecule has 0 radical (unpaired) electrons. The van der Waals surface area contributed by atoms with Gasteiger partial charge in [0.15, 0.2) is 11.5 Å². The van der Waals surface area contributed by atoms with Crippen LogP contribution < -0.4 is 14.2 Å². The fraction of sp³-hybridized carbons (Fsp3) is 0.167. The Morgan fingerprint density at radius 3 is 2.38 bits per heavy atom. The summed E-state index contributed by atoms with van der Waals surface area (Å²) in [5.41, 5.74) is 0.995. The number of hydrogen-bond donors (Lipinski definition) is 1. The molecule has 0 saturated heterocycles. The number of carbonyl (C=O) groups excluding carboxylic acids is 1. The Morgan fingerprint density at radius 2 is 1.73 bits per heavy atom. The van der Waals surface area contributed by atoms with E-state index in [1.165, 1.54) is 51.7 Å². The van der Waals surface area contributed by atoms with Crippen LogP contribution in [0.5, 0.6) is 11.5 Å². The van der Waals surface area contributed by atoms with Crippen LogP contribution in [0.3, 0.4) is 0 Å². The standard InChI is InChI=1S/C18H19NO6S/c1-23-16-9-8-15(12-17(16)24-2)26(21,22)19-14-6-4-5-13(11-14)7-10-18(20)25-3/h4-12,19H,1-3H3. The van der Waals surface area contributed by atoms with Gasteiger partial charge in [0, 0.05) is 17.8 Å². The van der Waals surface area contributed by atoms with Gasteiger partial charge in [-0.05, 0) is 35.9 Å². The highest BCUT2D eigenvalue weighted by molar-refractivity contribution is 7.92. The molecular weight excluding hydrogens is 358 g/mol. The maximum atomic E-state index is 12.6. The number of nitrogens with one attached hydrogen (secondary N) is 1. The van der Waals surface area contributed by atoms with Crippen LogP contribution in [0.1, 0.15) is 5.56 Å². The Labute approximate surface area is 152 Å². The molecule has 26 heavy (non-hydrogen) atoms. The van der Waals surface area contributed by atoms with Crippen molar-refractivity contribution in [1.29, 1.82) is 0 Å². The van der Waals surface area contributed by atoms with Gasteiger partial charge in [-0.3, -0.25) is 4.72 Å². The highest BCUT2D eigenvalue weighted by Crippen LogP contribution is 2.30. The summed E-state index contributed by atoms with van der Waals surface area (Å²) in [5, 5.41) is 0. The summed E-state index contributed by atoms with van der Waals surface area (Å²) in [6.07, 6.45) is 2.78. The fourth-order valence-electron chi connectivity index (χ4n) is 2.14. The average Bonchev–Trinajstić information content (AvgIpc) is 2.65. The topological polar surface area (TPSA) is 90.9 Å². The van der Waals surface area contributed by atoms with E-state index in [0.29, 0.717) is 22.7 Å². The third-order valence-corrected chi connectivity index (χ3v) is 4.80. The molecule has 0 aliphatic heterocycles. The minimum Gasteiger partial charge on any atom is -0.493 e. The average molecular weight is 377 g/mol. The summed E-state index contributed by atoms with van der Waals surface area (Å²) in [7, 11) is 0.352.